The van der Waals surface area contributed by atoms with Gasteiger partial charge in [-0.2, -0.15) is 0 Å². The minimum atomic E-state index is 0.563. The summed E-state index contributed by atoms with van der Waals surface area (Å²) in [6.07, 6.45) is 0.895. The Morgan fingerprint density at radius 3 is 2.73 bits per heavy atom. The maximum absolute atomic E-state index is 5.69. The number of nitrogens with one attached hydrogen (secondary N) is 2. The third-order valence-corrected chi connectivity index (χ3v) is 5.00. The lowest BCUT2D eigenvalue weighted by atomic mass is 10.2. The van der Waals surface area contributed by atoms with Crippen LogP contribution in [-0.2, 0) is 17.8 Å². The number of hydrogen-bond donors (Lipinski definition) is 2. The Bertz CT molecular complexity index is 696. The molecule has 0 aliphatic carbocycles. The first kappa shape index (κ1) is 20.2. The molecule has 0 saturated heterocycles. The standard InChI is InChI=1S/C19H28N4O2S/c1-14-15(2)26-18(23-14)8-9-21-19(20-3)22-10-11-25-13-16-6-5-7-17(12-16)24-4/h5-7,12H,8-11,13H2,1-4H3,(H2,20,21,22). The number of methoxy groups -OCH3 is 1. The van der Waals surface area contributed by atoms with E-state index in [9.17, 15) is 0 Å². The average Bonchev–Trinajstić information content (AvgIpc) is 2.97. The van der Waals surface area contributed by atoms with Crippen LogP contribution in [0.1, 0.15) is 21.1 Å². The number of guanidine groups is 1. The number of aromatic nitrogens is 1. The summed E-state index contributed by atoms with van der Waals surface area (Å²) in [5, 5.41) is 7.71. The third kappa shape index (κ3) is 6.65. The predicted octanol–water partition coefficient (Wildman–Crippen LogP) is 2.69. The lowest BCUT2D eigenvalue weighted by Crippen LogP contribution is -2.39. The van der Waals surface area contributed by atoms with Gasteiger partial charge in [-0.25, -0.2) is 4.98 Å². The van der Waals surface area contributed by atoms with E-state index in [0.29, 0.717) is 19.8 Å². The summed E-state index contributed by atoms with van der Waals surface area (Å²) in [6.45, 7) is 6.82. The molecule has 0 amide bonds. The summed E-state index contributed by atoms with van der Waals surface area (Å²) in [7, 11) is 3.43. The predicted molar refractivity (Wildman–Crippen MR) is 107 cm³/mol. The van der Waals surface area contributed by atoms with E-state index in [1.807, 2.05) is 24.3 Å². The minimum Gasteiger partial charge on any atom is -0.497 e. The van der Waals surface area contributed by atoms with Crippen molar-refractivity contribution in [3.63, 3.8) is 0 Å². The Morgan fingerprint density at radius 1 is 1.23 bits per heavy atom. The Hall–Kier alpha value is -2.12. The molecule has 2 rings (SSSR count). The van der Waals surface area contributed by atoms with Crippen molar-refractivity contribution in [3.8, 4) is 5.75 Å². The fraction of sp³-hybridized carbons (Fsp3) is 0.474. The van der Waals surface area contributed by atoms with Crippen LogP contribution in [0, 0.1) is 13.8 Å². The maximum atomic E-state index is 5.69. The molecule has 6 nitrogen and oxygen atoms in total. The zero-order chi connectivity index (χ0) is 18.8. The molecule has 0 unspecified atom stereocenters. The highest BCUT2D eigenvalue weighted by Gasteiger charge is 2.04. The first-order chi connectivity index (χ1) is 12.6. The summed E-state index contributed by atoms with van der Waals surface area (Å²) in [6, 6.07) is 7.90. The Kier molecular flexibility index (Phi) is 8.37. The second kappa shape index (κ2) is 10.8. The number of benzene rings is 1. The van der Waals surface area contributed by atoms with Gasteiger partial charge in [0, 0.05) is 31.4 Å². The van der Waals surface area contributed by atoms with Crippen LogP contribution in [0.15, 0.2) is 29.3 Å². The highest BCUT2D eigenvalue weighted by molar-refractivity contribution is 7.11. The summed E-state index contributed by atoms with van der Waals surface area (Å²) >= 11 is 1.76. The van der Waals surface area contributed by atoms with Gasteiger partial charge in [0.05, 0.1) is 31.0 Å². The van der Waals surface area contributed by atoms with Crippen LogP contribution < -0.4 is 15.4 Å². The first-order valence-corrected chi connectivity index (χ1v) is 9.52. The van der Waals surface area contributed by atoms with Crippen molar-refractivity contribution >= 4 is 17.3 Å². The summed E-state index contributed by atoms with van der Waals surface area (Å²) < 4.78 is 10.9. The van der Waals surface area contributed by atoms with Crippen LogP contribution >= 0.6 is 11.3 Å². The van der Waals surface area contributed by atoms with Crippen molar-refractivity contribution in [1.82, 2.24) is 15.6 Å². The van der Waals surface area contributed by atoms with Crippen LogP contribution in [0.3, 0.4) is 0 Å². The molecular weight excluding hydrogens is 348 g/mol. The molecule has 0 fully saturated rings. The molecule has 142 valence electrons. The van der Waals surface area contributed by atoms with Gasteiger partial charge >= 0.3 is 0 Å². The number of aryl methyl sites for hydroxylation is 2. The fourth-order valence-corrected chi connectivity index (χ4v) is 3.28. The van der Waals surface area contributed by atoms with E-state index in [2.05, 4.69) is 34.5 Å². The molecule has 0 atom stereocenters. The van der Waals surface area contributed by atoms with Gasteiger partial charge in [-0.15, -0.1) is 11.3 Å². The number of ether oxygens (including phenoxy) is 2. The fourth-order valence-electron chi connectivity index (χ4n) is 2.35. The van der Waals surface area contributed by atoms with E-state index in [4.69, 9.17) is 9.47 Å². The number of nitrogens with zero attached hydrogens (tertiary/aromatic N) is 2. The SMILES string of the molecule is CN=C(NCCOCc1cccc(OC)c1)NCCc1nc(C)c(C)s1. The van der Waals surface area contributed by atoms with Crippen LogP contribution in [0.25, 0.3) is 0 Å². The van der Waals surface area contributed by atoms with E-state index in [1.54, 1.807) is 25.5 Å². The molecule has 7 heteroatoms. The van der Waals surface area contributed by atoms with Crippen LogP contribution in [0.2, 0.25) is 0 Å². The quantitative estimate of drug-likeness (QED) is 0.400. The topological polar surface area (TPSA) is 67.8 Å². The summed E-state index contributed by atoms with van der Waals surface area (Å²) in [4.78, 5) is 10.1. The Balaban J connectivity index is 1.61. The first-order valence-electron chi connectivity index (χ1n) is 8.70. The molecule has 0 spiro atoms. The number of hydrogen-bond acceptors (Lipinski definition) is 5. The van der Waals surface area contributed by atoms with Gasteiger partial charge in [0.15, 0.2) is 5.96 Å². The van der Waals surface area contributed by atoms with Gasteiger partial charge < -0.3 is 20.1 Å². The molecule has 0 aliphatic heterocycles. The van der Waals surface area contributed by atoms with Crippen molar-refractivity contribution < 1.29 is 9.47 Å². The summed E-state index contributed by atoms with van der Waals surface area (Å²) in [5.41, 5.74) is 2.22. The zero-order valence-electron chi connectivity index (χ0n) is 16.0. The van der Waals surface area contributed by atoms with Crippen LogP contribution in [0.4, 0.5) is 0 Å². The lowest BCUT2D eigenvalue weighted by molar-refractivity contribution is 0.125. The van der Waals surface area contributed by atoms with Gasteiger partial charge in [0.1, 0.15) is 5.75 Å². The molecule has 1 aromatic heterocycles. The molecule has 2 N–H and O–H groups in total. The third-order valence-electron chi connectivity index (χ3n) is 3.87. The molecular formula is C19H28N4O2S. The van der Waals surface area contributed by atoms with Gasteiger partial charge in [-0.3, -0.25) is 4.99 Å². The van der Waals surface area contributed by atoms with Crippen LogP contribution in [-0.4, -0.2) is 44.8 Å². The number of aliphatic imine (C=N–C) groups is 1. The molecule has 26 heavy (non-hydrogen) atoms. The van der Waals surface area contributed by atoms with Gasteiger partial charge in [0.25, 0.3) is 0 Å². The van der Waals surface area contributed by atoms with Gasteiger partial charge in [-0.1, -0.05) is 12.1 Å². The molecule has 2 aromatic rings. The van der Waals surface area contributed by atoms with Crippen molar-refractivity contribution in [1.29, 1.82) is 0 Å². The second-order valence-electron chi connectivity index (χ2n) is 5.83. The maximum Gasteiger partial charge on any atom is 0.191 e. The monoisotopic (exact) mass is 376 g/mol. The smallest absolute Gasteiger partial charge is 0.191 e. The van der Waals surface area contributed by atoms with Crippen molar-refractivity contribution in [2.75, 3.05) is 33.9 Å². The van der Waals surface area contributed by atoms with E-state index < -0.39 is 0 Å². The number of thiazole rings is 1. The molecule has 0 aliphatic rings. The largest absolute Gasteiger partial charge is 0.497 e. The second-order valence-corrected chi connectivity index (χ2v) is 7.12. The molecule has 0 bridgehead atoms. The van der Waals surface area contributed by atoms with Gasteiger partial charge in [-0.05, 0) is 31.5 Å². The molecule has 1 aromatic carbocycles. The highest BCUT2D eigenvalue weighted by Crippen LogP contribution is 2.16. The van der Waals surface area contributed by atoms with E-state index in [0.717, 1.165) is 40.9 Å². The van der Waals surface area contributed by atoms with E-state index >= 15 is 0 Å². The normalized spacial score (nSPS) is 11.5. The highest BCUT2D eigenvalue weighted by atomic mass is 32.1. The van der Waals surface area contributed by atoms with Gasteiger partial charge in [0.2, 0.25) is 0 Å². The summed E-state index contributed by atoms with van der Waals surface area (Å²) in [5.74, 6) is 1.62. The van der Waals surface area contributed by atoms with Crippen molar-refractivity contribution in [2.45, 2.75) is 26.9 Å². The van der Waals surface area contributed by atoms with Crippen LogP contribution in [0.5, 0.6) is 5.75 Å². The lowest BCUT2D eigenvalue weighted by Gasteiger charge is -2.11. The minimum absolute atomic E-state index is 0.563. The van der Waals surface area contributed by atoms with E-state index in [1.165, 1.54) is 4.88 Å². The van der Waals surface area contributed by atoms with E-state index in [-0.39, 0.29) is 0 Å². The average molecular weight is 377 g/mol. The Labute approximate surface area is 159 Å². The van der Waals surface area contributed by atoms with Crippen molar-refractivity contribution in [2.24, 2.45) is 4.99 Å². The Morgan fingerprint density at radius 2 is 2.04 bits per heavy atom. The zero-order valence-corrected chi connectivity index (χ0v) is 16.8. The molecule has 0 radical (unpaired) electrons. The molecule has 1 heterocycles. The number of rotatable bonds is 9. The van der Waals surface area contributed by atoms with Crippen molar-refractivity contribution in [3.05, 3.63) is 45.4 Å². The molecule has 0 saturated carbocycles.